The minimum Gasteiger partial charge on any atom is -0.465 e. The lowest BCUT2D eigenvalue weighted by Crippen LogP contribution is -2.46. The summed E-state index contributed by atoms with van der Waals surface area (Å²) < 4.78 is 10.2. The van der Waals surface area contributed by atoms with Crippen LogP contribution in [-0.2, 0) is 4.79 Å². The van der Waals surface area contributed by atoms with Gasteiger partial charge in [-0.2, -0.15) is 0 Å². The molecule has 2 rings (SSSR count). The number of ether oxygens (including phenoxy) is 1. The Morgan fingerprint density at radius 1 is 1.63 bits per heavy atom. The Hall–Kier alpha value is -1.56. The summed E-state index contributed by atoms with van der Waals surface area (Å²) in [6.45, 7) is 2.42. The van der Waals surface area contributed by atoms with Crippen molar-refractivity contribution in [2.45, 2.75) is 38.6 Å². The quantitative estimate of drug-likeness (QED) is 0.802. The van der Waals surface area contributed by atoms with Gasteiger partial charge in [0.15, 0.2) is 6.61 Å². The zero-order chi connectivity index (χ0) is 13.7. The van der Waals surface area contributed by atoms with E-state index < -0.39 is 0 Å². The van der Waals surface area contributed by atoms with Gasteiger partial charge in [0, 0.05) is 25.3 Å². The summed E-state index contributed by atoms with van der Waals surface area (Å²) in [5, 5.41) is 12.6. The fourth-order valence-corrected chi connectivity index (χ4v) is 2.08. The summed E-state index contributed by atoms with van der Waals surface area (Å²) >= 11 is 0. The number of aliphatic hydroxyl groups excluding tert-OH is 1. The van der Waals surface area contributed by atoms with Gasteiger partial charge in [-0.3, -0.25) is 4.79 Å². The van der Waals surface area contributed by atoms with E-state index in [-0.39, 0.29) is 19.1 Å². The minimum atomic E-state index is -0.0567. The van der Waals surface area contributed by atoms with E-state index in [9.17, 15) is 4.79 Å². The van der Waals surface area contributed by atoms with Crippen molar-refractivity contribution in [2.24, 2.45) is 0 Å². The summed E-state index contributed by atoms with van der Waals surface area (Å²) in [6.07, 6.45) is 3.85. The van der Waals surface area contributed by atoms with Gasteiger partial charge in [0.05, 0.1) is 0 Å². The summed E-state index contributed by atoms with van der Waals surface area (Å²) in [7, 11) is 0. The summed E-state index contributed by atoms with van der Waals surface area (Å²) in [5.74, 6) is 0.930. The smallest absolute Gasteiger partial charge is 0.260 e. The summed E-state index contributed by atoms with van der Waals surface area (Å²) in [5.41, 5.74) is 0. The number of aryl methyl sites for hydroxylation is 1. The second-order valence-corrected chi connectivity index (χ2v) is 4.81. The van der Waals surface area contributed by atoms with E-state index in [2.05, 4.69) is 5.16 Å². The average molecular weight is 268 g/mol. The van der Waals surface area contributed by atoms with E-state index in [4.69, 9.17) is 14.4 Å². The molecule has 1 N–H and O–H groups in total. The van der Waals surface area contributed by atoms with E-state index in [1.165, 1.54) is 0 Å². The maximum absolute atomic E-state index is 12.1. The first-order valence-corrected chi connectivity index (χ1v) is 6.67. The maximum Gasteiger partial charge on any atom is 0.260 e. The number of hydrogen-bond acceptors (Lipinski definition) is 5. The van der Waals surface area contributed by atoms with Crippen LogP contribution in [0.15, 0.2) is 10.6 Å². The third kappa shape index (κ3) is 3.70. The molecule has 6 nitrogen and oxygen atoms in total. The second-order valence-electron chi connectivity index (χ2n) is 4.81. The van der Waals surface area contributed by atoms with Gasteiger partial charge in [0.1, 0.15) is 5.76 Å². The number of nitrogens with zero attached hydrogens (tertiary/aromatic N) is 2. The Labute approximate surface area is 112 Å². The Morgan fingerprint density at radius 3 is 2.95 bits per heavy atom. The van der Waals surface area contributed by atoms with Crippen molar-refractivity contribution in [2.75, 3.05) is 19.8 Å². The minimum absolute atomic E-state index is 0.0338. The van der Waals surface area contributed by atoms with Gasteiger partial charge in [-0.25, -0.2) is 0 Å². The standard InChI is InChI=1S/C13H20N2O4/c1-10-8-12(14-19-10)18-9-13(17)15(6-3-7-16)11-4-2-5-11/h8,11,16H,2-7,9H2,1H3. The number of amides is 1. The highest BCUT2D eigenvalue weighted by atomic mass is 16.5. The first kappa shape index (κ1) is 13.9. The van der Waals surface area contributed by atoms with Crippen molar-refractivity contribution < 1.29 is 19.2 Å². The Bertz CT molecular complexity index is 415. The van der Waals surface area contributed by atoms with Crippen LogP contribution in [0, 0.1) is 6.92 Å². The van der Waals surface area contributed by atoms with Crippen molar-refractivity contribution in [1.29, 1.82) is 0 Å². The molecule has 1 aromatic rings. The van der Waals surface area contributed by atoms with Crippen molar-refractivity contribution in [3.63, 3.8) is 0 Å². The molecule has 1 amide bonds. The molecule has 0 aromatic carbocycles. The van der Waals surface area contributed by atoms with Gasteiger partial charge in [-0.1, -0.05) is 0 Å². The summed E-state index contributed by atoms with van der Waals surface area (Å²) in [6, 6.07) is 1.95. The molecular formula is C13H20N2O4. The van der Waals surface area contributed by atoms with E-state index in [0.29, 0.717) is 30.6 Å². The van der Waals surface area contributed by atoms with Crippen LogP contribution in [0.2, 0.25) is 0 Å². The highest BCUT2D eigenvalue weighted by Crippen LogP contribution is 2.25. The van der Waals surface area contributed by atoms with Crippen LogP contribution in [0.1, 0.15) is 31.4 Å². The Balaban J connectivity index is 1.84. The van der Waals surface area contributed by atoms with Crippen LogP contribution in [0.5, 0.6) is 5.88 Å². The maximum atomic E-state index is 12.1. The fraction of sp³-hybridized carbons (Fsp3) is 0.692. The Kier molecular flexibility index (Phi) is 4.79. The topological polar surface area (TPSA) is 75.8 Å². The Morgan fingerprint density at radius 2 is 2.42 bits per heavy atom. The lowest BCUT2D eigenvalue weighted by molar-refractivity contribution is -0.137. The van der Waals surface area contributed by atoms with E-state index in [1.54, 1.807) is 13.0 Å². The van der Waals surface area contributed by atoms with E-state index in [0.717, 1.165) is 19.3 Å². The zero-order valence-electron chi connectivity index (χ0n) is 11.2. The van der Waals surface area contributed by atoms with Crippen molar-refractivity contribution in [3.8, 4) is 5.88 Å². The molecule has 0 bridgehead atoms. The van der Waals surface area contributed by atoms with Crippen LogP contribution in [0.25, 0.3) is 0 Å². The molecule has 0 spiro atoms. The third-order valence-corrected chi connectivity index (χ3v) is 3.34. The average Bonchev–Trinajstić information content (AvgIpc) is 2.75. The monoisotopic (exact) mass is 268 g/mol. The largest absolute Gasteiger partial charge is 0.465 e. The molecule has 1 heterocycles. The van der Waals surface area contributed by atoms with Crippen LogP contribution < -0.4 is 4.74 Å². The summed E-state index contributed by atoms with van der Waals surface area (Å²) in [4.78, 5) is 13.9. The molecule has 106 valence electrons. The highest BCUT2D eigenvalue weighted by molar-refractivity contribution is 5.78. The molecular weight excluding hydrogens is 248 g/mol. The predicted octanol–water partition coefficient (Wildman–Crippen LogP) is 1.13. The van der Waals surface area contributed by atoms with E-state index >= 15 is 0 Å². The molecule has 0 radical (unpaired) electrons. The third-order valence-electron chi connectivity index (χ3n) is 3.34. The lowest BCUT2D eigenvalue weighted by Gasteiger charge is -2.37. The lowest BCUT2D eigenvalue weighted by atomic mass is 9.91. The number of carbonyl (C=O) groups is 1. The molecule has 1 aliphatic carbocycles. The number of rotatable bonds is 7. The molecule has 6 heteroatoms. The van der Waals surface area contributed by atoms with Gasteiger partial charge < -0.3 is 19.3 Å². The van der Waals surface area contributed by atoms with Crippen molar-refractivity contribution in [1.82, 2.24) is 10.1 Å². The van der Waals surface area contributed by atoms with Gasteiger partial charge in [-0.15, -0.1) is 0 Å². The number of carbonyl (C=O) groups excluding carboxylic acids is 1. The molecule has 1 aliphatic rings. The van der Waals surface area contributed by atoms with Crippen molar-refractivity contribution >= 4 is 5.91 Å². The SMILES string of the molecule is Cc1cc(OCC(=O)N(CCCO)C2CCC2)no1. The first-order valence-electron chi connectivity index (χ1n) is 6.67. The number of aliphatic hydroxyl groups is 1. The first-order chi connectivity index (χ1) is 9.20. The number of hydrogen-bond donors (Lipinski definition) is 1. The normalized spacial score (nSPS) is 15.1. The van der Waals surface area contributed by atoms with Gasteiger partial charge in [0.2, 0.25) is 0 Å². The van der Waals surface area contributed by atoms with Gasteiger partial charge in [-0.05, 0) is 37.8 Å². The second kappa shape index (κ2) is 6.56. The highest BCUT2D eigenvalue weighted by Gasteiger charge is 2.28. The molecule has 1 aromatic heterocycles. The van der Waals surface area contributed by atoms with Crippen LogP contribution in [-0.4, -0.2) is 46.9 Å². The van der Waals surface area contributed by atoms with Crippen molar-refractivity contribution in [3.05, 3.63) is 11.8 Å². The molecule has 1 saturated carbocycles. The predicted molar refractivity (Wildman–Crippen MR) is 67.8 cm³/mol. The van der Waals surface area contributed by atoms with Gasteiger partial charge in [0.25, 0.3) is 11.8 Å². The van der Waals surface area contributed by atoms with Crippen LogP contribution >= 0.6 is 0 Å². The fourth-order valence-electron chi connectivity index (χ4n) is 2.08. The number of aromatic nitrogens is 1. The molecule has 19 heavy (non-hydrogen) atoms. The van der Waals surface area contributed by atoms with Crippen LogP contribution in [0.3, 0.4) is 0 Å². The molecule has 1 fully saturated rings. The molecule has 0 saturated heterocycles. The van der Waals surface area contributed by atoms with Crippen LogP contribution in [0.4, 0.5) is 0 Å². The zero-order valence-corrected chi connectivity index (χ0v) is 11.2. The molecule has 0 unspecified atom stereocenters. The van der Waals surface area contributed by atoms with Gasteiger partial charge >= 0.3 is 0 Å². The van der Waals surface area contributed by atoms with E-state index in [1.807, 2.05) is 4.90 Å². The molecule has 0 atom stereocenters. The molecule has 0 aliphatic heterocycles.